The molecule has 0 aromatic carbocycles. The van der Waals surface area contributed by atoms with Gasteiger partial charge in [-0.2, -0.15) is 11.8 Å². The lowest BCUT2D eigenvalue weighted by Crippen LogP contribution is -2.30. The van der Waals surface area contributed by atoms with E-state index in [1.807, 2.05) is 0 Å². The van der Waals surface area contributed by atoms with Crippen molar-refractivity contribution in [3.05, 3.63) is 11.9 Å². The van der Waals surface area contributed by atoms with Gasteiger partial charge < -0.3 is 10.4 Å². The topological polar surface area (TPSA) is 97.1 Å². The van der Waals surface area contributed by atoms with Gasteiger partial charge in [0.2, 0.25) is 5.91 Å². The minimum Gasteiger partial charge on any atom is -0.480 e. The van der Waals surface area contributed by atoms with Gasteiger partial charge in [-0.25, -0.2) is 4.68 Å². The number of hydrogen-bond donors (Lipinski definition) is 2. The summed E-state index contributed by atoms with van der Waals surface area (Å²) in [5, 5.41) is 18.8. The molecule has 1 aliphatic rings. The highest BCUT2D eigenvalue weighted by atomic mass is 32.2. The zero-order chi connectivity index (χ0) is 13.0. The van der Waals surface area contributed by atoms with Gasteiger partial charge in [0.15, 0.2) is 0 Å². The van der Waals surface area contributed by atoms with E-state index in [1.165, 1.54) is 10.9 Å². The first-order valence-corrected chi connectivity index (χ1v) is 6.77. The summed E-state index contributed by atoms with van der Waals surface area (Å²) in [4.78, 5) is 22.2. The van der Waals surface area contributed by atoms with Crippen LogP contribution in [0.3, 0.4) is 0 Å². The second-order valence-electron chi connectivity index (χ2n) is 4.08. The molecule has 1 unspecified atom stereocenters. The van der Waals surface area contributed by atoms with Gasteiger partial charge in [0.05, 0.1) is 12.7 Å². The first kappa shape index (κ1) is 12.9. The maximum atomic E-state index is 11.7. The zero-order valence-corrected chi connectivity index (χ0v) is 10.5. The van der Waals surface area contributed by atoms with Gasteiger partial charge in [-0.1, -0.05) is 5.21 Å². The molecule has 0 spiro atoms. The van der Waals surface area contributed by atoms with E-state index in [0.717, 1.165) is 17.9 Å². The number of nitrogens with zero attached hydrogens (tertiary/aromatic N) is 3. The molecule has 18 heavy (non-hydrogen) atoms. The fourth-order valence-electron chi connectivity index (χ4n) is 1.70. The lowest BCUT2D eigenvalue weighted by Gasteiger charge is -2.07. The normalized spacial score (nSPS) is 18.8. The molecule has 2 rings (SSSR count). The van der Waals surface area contributed by atoms with Crippen molar-refractivity contribution >= 4 is 23.6 Å². The van der Waals surface area contributed by atoms with Gasteiger partial charge in [-0.3, -0.25) is 9.59 Å². The molecule has 0 radical (unpaired) electrons. The van der Waals surface area contributed by atoms with Crippen LogP contribution in [-0.2, 0) is 22.7 Å². The van der Waals surface area contributed by atoms with Crippen LogP contribution in [0, 0.1) is 5.92 Å². The second-order valence-corrected chi connectivity index (χ2v) is 5.23. The Morgan fingerprint density at radius 2 is 2.44 bits per heavy atom. The molecule has 98 valence electrons. The number of carbonyl (C=O) groups is 2. The minimum absolute atomic E-state index is 0.0350. The Morgan fingerprint density at radius 1 is 1.61 bits per heavy atom. The Morgan fingerprint density at radius 3 is 3.11 bits per heavy atom. The summed E-state index contributed by atoms with van der Waals surface area (Å²) in [6, 6.07) is 0. The molecular formula is C10H14N4O3S. The fourth-order valence-corrected chi connectivity index (χ4v) is 2.92. The monoisotopic (exact) mass is 270 g/mol. The van der Waals surface area contributed by atoms with E-state index in [1.54, 1.807) is 11.8 Å². The maximum absolute atomic E-state index is 11.7. The van der Waals surface area contributed by atoms with E-state index >= 15 is 0 Å². The molecule has 1 aromatic rings. The summed E-state index contributed by atoms with van der Waals surface area (Å²) in [6.07, 6.45) is 2.44. The average Bonchev–Trinajstić information content (AvgIpc) is 2.95. The van der Waals surface area contributed by atoms with Gasteiger partial charge in [0.25, 0.3) is 0 Å². The first-order chi connectivity index (χ1) is 8.65. The third-order valence-electron chi connectivity index (χ3n) is 2.63. The predicted molar refractivity (Wildman–Crippen MR) is 64.9 cm³/mol. The summed E-state index contributed by atoms with van der Waals surface area (Å²) in [7, 11) is 0. The van der Waals surface area contributed by atoms with Crippen molar-refractivity contribution in [2.24, 2.45) is 5.92 Å². The van der Waals surface area contributed by atoms with Crippen LogP contribution in [0.25, 0.3) is 0 Å². The second kappa shape index (κ2) is 5.85. The number of aromatic nitrogens is 3. The molecule has 0 saturated carbocycles. The highest BCUT2D eigenvalue weighted by Gasteiger charge is 2.22. The van der Waals surface area contributed by atoms with Gasteiger partial charge in [-0.05, 0) is 12.2 Å². The van der Waals surface area contributed by atoms with E-state index < -0.39 is 5.97 Å². The summed E-state index contributed by atoms with van der Waals surface area (Å²) in [5.74, 6) is 1.06. The number of thioether (sulfide) groups is 1. The molecule has 1 amide bonds. The SMILES string of the molecule is O=C(O)Cn1cc(CNC(=O)C2CCSC2)nn1. The van der Waals surface area contributed by atoms with Gasteiger partial charge in [0.1, 0.15) is 12.2 Å². The molecule has 8 heteroatoms. The van der Waals surface area contributed by atoms with Crippen LogP contribution in [0.1, 0.15) is 12.1 Å². The summed E-state index contributed by atoms with van der Waals surface area (Å²) in [5.41, 5.74) is 0.565. The molecule has 0 aliphatic carbocycles. The van der Waals surface area contributed by atoms with Gasteiger partial charge in [-0.15, -0.1) is 5.10 Å². The molecule has 1 atom stereocenters. The van der Waals surface area contributed by atoms with Crippen molar-refractivity contribution < 1.29 is 14.7 Å². The van der Waals surface area contributed by atoms with E-state index in [-0.39, 0.29) is 18.4 Å². The molecule has 2 heterocycles. The molecule has 1 fully saturated rings. The van der Waals surface area contributed by atoms with E-state index in [2.05, 4.69) is 15.6 Å². The van der Waals surface area contributed by atoms with Crippen LogP contribution in [0.5, 0.6) is 0 Å². The molecule has 0 bridgehead atoms. The summed E-state index contributed by atoms with van der Waals surface area (Å²) >= 11 is 1.78. The van der Waals surface area contributed by atoms with E-state index in [4.69, 9.17) is 5.11 Å². The molecule has 2 N–H and O–H groups in total. The average molecular weight is 270 g/mol. The number of carboxylic acid groups (broad SMARTS) is 1. The van der Waals surface area contributed by atoms with E-state index in [9.17, 15) is 9.59 Å². The quantitative estimate of drug-likeness (QED) is 0.764. The number of rotatable bonds is 5. The number of nitrogens with one attached hydrogen (secondary N) is 1. The minimum atomic E-state index is -0.974. The number of amides is 1. The van der Waals surface area contributed by atoms with Crippen LogP contribution < -0.4 is 5.32 Å². The number of carboxylic acids is 1. The number of carbonyl (C=O) groups excluding carboxylic acids is 1. The summed E-state index contributed by atoms with van der Waals surface area (Å²) < 4.78 is 1.23. The predicted octanol–water partition coefficient (Wildman–Crippen LogP) is -0.268. The Hall–Kier alpha value is -1.57. The standard InChI is InChI=1S/C10H14N4O3S/c15-9(16)5-14-4-8(12-13-14)3-11-10(17)7-1-2-18-6-7/h4,7H,1-3,5-6H2,(H,11,17)(H,15,16). The molecule has 1 aliphatic heterocycles. The fraction of sp³-hybridized carbons (Fsp3) is 0.600. The largest absolute Gasteiger partial charge is 0.480 e. The number of hydrogen-bond acceptors (Lipinski definition) is 5. The third-order valence-corrected chi connectivity index (χ3v) is 3.79. The lowest BCUT2D eigenvalue weighted by atomic mass is 10.1. The molecule has 1 aromatic heterocycles. The summed E-state index contributed by atoms with van der Waals surface area (Å²) in [6.45, 7) is 0.0693. The first-order valence-electron chi connectivity index (χ1n) is 5.61. The van der Waals surface area contributed by atoms with Gasteiger partial charge in [0, 0.05) is 11.7 Å². The highest BCUT2D eigenvalue weighted by molar-refractivity contribution is 7.99. The Balaban J connectivity index is 1.80. The van der Waals surface area contributed by atoms with Gasteiger partial charge >= 0.3 is 5.97 Å². The van der Waals surface area contributed by atoms with Crippen LogP contribution in [0.4, 0.5) is 0 Å². The van der Waals surface area contributed by atoms with Crippen molar-refractivity contribution in [2.45, 2.75) is 19.5 Å². The Kier molecular flexibility index (Phi) is 4.19. The van der Waals surface area contributed by atoms with Crippen molar-refractivity contribution in [1.29, 1.82) is 0 Å². The van der Waals surface area contributed by atoms with Crippen molar-refractivity contribution in [2.75, 3.05) is 11.5 Å². The van der Waals surface area contributed by atoms with Crippen molar-refractivity contribution in [3.8, 4) is 0 Å². The Labute approximate surface area is 108 Å². The molecule has 1 saturated heterocycles. The van der Waals surface area contributed by atoms with Crippen LogP contribution >= 0.6 is 11.8 Å². The van der Waals surface area contributed by atoms with Crippen LogP contribution in [-0.4, -0.2) is 43.5 Å². The Bertz CT molecular complexity index is 442. The molecular weight excluding hydrogens is 256 g/mol. The van der Waals surface area contributed by atoms with Crippen molar-refractivity contribution in [3.63, 3.8) is 0 Å². The highest BCUT2D eigenvalue weighted by Crippen LogP contribution is 2.23. The third kappa shape index (κ3) is 3.46. The number of aliphatic carboxylic acids is 1. The smallest absolute Gasteiger partial charge is 0.325 e. The van der Waals surface area contributed by atoms with Crippen LogP contribution in [0.15, 0.2) is 6.20 Å². The molecule has 7 nitrogen and oxygen atoms in total. The lowest BCUT2D eigenvalue weighted by molar-refractivity contribution is -0.138. The van der Waals surface area contributed by atoms with Crippen molar-refractivity contribution in [1.82, 2.24) is 20.3 Å². The van der Waals surface area contributed by atoms with Crippen LogP contribution in [0.2, 0.25) is 0 Å². The zero-order valence-electron chi connectivity index (χ0n) is 9.70. The maximum Gasteiger partial charge on any atom is 0.325 e. The van der Waals surface area contributed by atoms with E-state index in [0.29, 0.717) is 12.2 Å².